The number of amides is 1. The van der Waals surface area contributed by atoms with Crippen molar-refractivity contribution in [3.8, 4) is 0 Å². The maximum Gasteiger partial charge on any atom is 0.251 e. The third-order valence-corrected chi connectivity index (χ3v) is 5.22. The maximum atomic E-state index is 11.9. The van der Waals surface area contributed by atoms with Crippen LogP contribution in [0.5, 0.6) is 0 Å². The largest absolute Gasteiger partial charge is 0.355 e. The van der Waals surface area contributed by atoms with E-state index < -0.39 is 0 Å². The molecule has 1 aromatic heterocycles. The van der Waals surface area contributed by atoms with E-state index in [1.807, 2.05) is 36.1 Å². The van der Waals surface area contributed by atoms with Crippen LogP contribution in [0.2, 0.25) is 0 Å². The first-order valence-corrected chi connectivity index (χ1v) is 8.71. The van der Waals surface area contributed by atoms with Gasteiger partial charge >= 0.3 is 0 Å². The fourth-order valence-corrected chi connectivity index (χ4v) is 3.41. The molecule has 0 saturated carbocycles. The van der Waals surface area contributed by atoms with Crippen LogP contribution in [0.15, 0.2) is 30.5 Å². The maximum absolute atomic E-state index is 11.9. The predicted octanol–water partition coefficient (Wildman–Crippen LogP) is 1.58. The van der Waals surface area contributed by atoms with Crippen LogP contribution >= 0.6 is 0 Å². The molecule has 1 amide bonds. The van der Waals surface area contributed by atoms with Gasteiger partial charge in [-0.2, -0.15) is 5.10 Å². The van der Waals surface area contributed by atoms with Crippen LogP contribution in [0.3, 0.4) is 0 Å². The number of carbonyl (C=O) groups is 1. The third-order valence-electron chi connectivity index (χ3n) is 5.22. The van der Waals surface area contributed by atoms with Crippen molar-refractivity contribution < 1.29 is 4.79 Å². The first kappa shape index (κ1) is 17.6. The van der Waals surface area contributed by atoms with Crippen LogP contribution in [0.4, 0.5) is 0 Å². The number of carbonyl (C=O) groups excluding carboxylic acids is 1. The molecule has 0 aliphatic carbocycles. The lowest BCUT2D eigenvalue weighted by atomic mass is 10.00. The van der Waals surface area contributed by atoms with Crippen LogP contribution in [-0.4, -0.2) is 59.2 Å². The molecule has 1 N–H and O–H groups in total. The molecule has 134 valence electrons. The minimum atomic E-state index is -0.0387. The second-order valence-electron chi connectivity index (χ2n) is 6.81. The van der Waals surface area contributed by atoms with Crippen molar-refractivity contribution in [3.63, 3.8) is 0 Å². The van der Waals surface area contributed by atoms with Crippen molar-refractivity contribution in [2.45, 2.75) is 19.5 Å². The van der Waals surface area contributed by atoms with E-state index in [0.717, 1.165) is 26.2 Å². The Hall–Kier alpha value is -2.18. The van der Waals surface area contributed by atoms with Gasteiger partial charge in [-0.05, 0) is 31.7 Å². The molecule has 2 aromatic rings. The Kier molecular flexibility index (Phi) is 5.20. The second kappa shape index (κ2) is 7.37. The molecule has 1 saturated heterocycles. The van der Waals surface area contributed by atoms with Gasteiger partial charge in [-0.3, -0.25) is 19.3 Å². The number of hydrogen-bond donors (Lipinski definition) is 1. The Morgan fingerprint density at radius 2 is 2.12 bits per heavy atom. The van der Waals surface area contributed by atoms with Gasteiger partial charge in [-0.1, -0.05) is 12.1 Å². The van der Waals surface area contributed by atoms with Crippen LogP contribution in [-0.2, 0) is 13.6 Å². The summed E-state index contributed by atoms with van der Waals surface area (Å²) in [7, 11) is 5.81. The van der Waals surface area contributed by atoms with Crippen molar-refractivity contribution in [3.05, 3.63) is 52.8 Å². The quantitative estimate of drug-likeness (QED) is 0.917. The first-order valence-electron chi connectivity index (χ1n) is 8.71. The number of aromatic nitrogens is 2. The number of nitrogens with one attached hydrogen (secondary N) is 1. The van der Waals surface area contributed by atoms with Gasteiger partial charge in [0.2, 0.25) is 0 Å². The van der Waals surface area contributed by atoms with Crippen LogP contribution in [0.25, 0.3) is 0 Å². The number of benzene rings is 1. The van der Waals surface area contributed by atoms with Crippen molar-refractivity contribution in [1.29, 1.82) is 0 Å². The Morgan fingerprint density at radius 3 is 2.80 bits per heavy atom. The topological polar surface area (TPSA) is 53.4 Å². The molecule has 6 heteroatoms. The zero-order valence-electron chi connectivity index (χ0n) is 15.5. The van der Waals surface area contributed by atoms with Gasteiger partial charge in [0.05, 0.1) is 6.20 Å². The molecule has 25 heavy (non-hydrogen) atoms. The monoisotopic (exact) mass is 341 g/mol. The van der Waals surface area contributed by atoms with Crippen LogP contribution < -0.4 is 5.32 Å². The lowest BCUT2D eigenvalue weighted by molar-refractivity contribution is 0.0899. The minimum absolute atomic E-state index is 0.0387. The molecule has 1 unspecified atom stereocenters. The van der Waals surface area contributed by atoms with Gasteiger partial charge < -0.3 is 5.32 Å². The van der Waals surface area contributed by atoms with E-state index in [1.54, 1.807) is 7.05 Å². The predicted molar refractivity (Wildman–Crippen MR) is 98.4 cm³/mol. The zero-order chi connectivity index (χ0) is 18.0. The van der Waals surface area contributed by atoms with Gasteiger partial charge in [-0.25, -0.2) is 0 Å². The molecule has 0 spiro atoms. The van der Waals surface area contributed by atoms with Crippen LogP contribution in [0.1, 0.15) is 33.2 Å². The van der Waals surface area contributed by atoms with E-state index >= 15 is 0 Å². The lowest BCUT2D eigenvalue weighted by Crippen LogP contribution is -2.46. The summed E-state index contributed by atoms with van der Waals surface area (Å²) in [6, 6.07) is 8.25. The van der Waals surface area contributed by atoms with Crippen LogP contribution in [0, 0.1) is 6.92 Å². The van der Waals surface area contributed by atoms with Crippen molar-refractivity contribution >= 4 is 5.91 Å². The average Bonchev–Trinajstić information content (AvgIpc) is 2.94. The van der Waals surface area contributed by atoms with Crippen molar-refractivity contribution in [1.82, 2.24) is 24.9 Å². The number of aryl methyl sites for hydroxylation is 1. The van der Waals surface area contributed by atoms with Crippen molar-refractivity contribution in [2.75, 3.05) is 33.7 Å². The molecule has 1 fully saturated rings. The highest BCUT2D eigenvalue weighted by molar-refractivity contribution is 5.94. The standard InChI is InChI=1S/C19H27N5O/c1-14-17(11-21-23(14)4)12-24-9-8-22(3)18(13-24)15-6-5-7-16(10-15)19(25)20-2/h5-7,10-11,18H,8-9,12-13H2,1-4H3,(H,20,25). The molecule has 1 aliphatic heterocycles. The number of piperazine rings is 1. The Morgan fingerprint density at radius 1 is 1.32 bits per heavy atom. The van der Waals surface area contributed by atoms with Crippen molar-refractivity contribution in [2.24, 2.45) is 7.05 Å². The average molecular weight is 341 g/mol. The molecule has 0 radical (unpaired) electrons. The molecule has 1 aromatic carbocycles. The van der Waals surface area contributed by atoms with Gasteiger partial charge in [-0.15, -0.1) is 0 Å². The molecule has 2 heterocycles. The number of likely N-dealkylation sites (N-methyl/N-ethyl adjacent to an activating group) is 1. The molecule has 6 nitrogen and oxygen atoms in total. The smallest absolute Gasteiger partial charge is 0.251 e. The highest BCUT2D eigenvalue weighted by atomic mass is 16.1. The fourth-order valence-electron chi connectivity index (χ4n) is 3.41. The van der Waals surface area contributed by atoms with E-state index in [1.165, 1.54) is 16.8 Å². The van der Waals surface area contributed by atoms with E-state index in [2.05, 4.69) is 40.3 Å². The SMILES string of the molecule is CNC(=O)c1cccc(C2CN(Cc3cnn(C)c3C)CCN2C)c1. The van der Waals surface area contributed by atoms with Gasteiger partial charge in [0, 0.05) is 63.1 Å². The summed E-state index contributed by atoms with van der Waals surface area (Å²) in [6.45, 7) is 6.02. The molecule has 3 rings (SSSR count). The number of hydrogen-bond acceptors (Lipinski definition) is 4. The summed E-state index contributed by atoms with van der Waals surface area (Å²) in [6.07, 6.45) is 1.97. The minimum Gasteiger partial charge on any atom is -0.355 e. The first-order chi connectivity index (χ1) is 12.0. The van der Waals surface area contributed by atoms with E-state index in [4.69, 9.17) is 0 Å². The highest BCUT2D eigenvalue weighted by Crippen LogP contribution is 2.26. The molecule has 1 atom stereocenters. The van der Waals surface area contributed by atoms with Gasteiger partial charge in [0.25, 0.3) is 5.91 Å². The fraction of sp³-hybridized carbons (Fsp3) is 0.474. The summed E-state index contributed by atoms with van der Waals surface area (Å²) >= 11 is 0. The molecule has 0 bridgehead atoms. The van der Waals surface area contributed by atoms with E-state index in [9.17, 15) is 4.79 Å². The molecular weight excluding hydrogens is 314 g/mol. The number of nitrogens with zero attached hydrogens (tertiary/aromatic N) is 4. The normalized spacial score (nSPS) is 19.1. The summed E-state index contributed by atoms with van der Waals surface area (Å²) in [5.41, 5.74) is 4.41. The zero-order valence-corrected chi connectivity index (χ0v) is 15.5. The van der Waals surface area contributed by atoms with Gasteiger partial charge in [0.1, 0.15) is 0 Å². The summed E-state index contributed by atoms with van der Waals surface area (Å²) in [4.78, 5) is 16.8. The Labute approximate surface area is 149 Å². The summed E-state index contributed by atoms with van der Waals surface area (Å²) in [5, 5.41) is 7.05. The van der Waals surface area contributed by atoms with Gasteiger partial charge in [0.15, 0.2) is 0 Å². The third kappa shape index (κ3) is 3.75. The Balaban J connectivity index is 1.77. The number of rotatable bonds is 4. The lowest BCUT2D eigenvalue weighted by Gasteiger charge is -2.39. The highest BCUT2D eigenvalue weighted by Gasteiger charge is 2.26. The summed E-state index contributed by atoms with van der Waals surface area (Å²) in [5.74, 6) is -0.0387. The van der Waals surface area contributed by atoms with E-state index in [0.29, 0.717) is 5.56 Å². The summed E-state index contributed by atoms with van der Waals surface area (Å²) < 4.78 is 1.93. The molecule has 1 aliphatic rings. The Bertz CT molecular complexity index is 754. The second-order valence-corrected chi connectivity index (χ2v) is 6.81. The van der Waals surface area contributed by atoms with E-state index in [-0.39, 0.29) is 11.9 Å². The molecular formula is C19H27N5O.